The molecule has 0 radical (unpaired) electrons. The maximum absolute atomic E-state index is 12.2. The van der Waals surface area contributed by atoms with Crippen LogP contribution in [0, 0.1) is 0 Å². The van der Waals surface area contributed by atoms with Crippen molar-refractivity contribution in [3.63, 3.8) is 0 Å². The lowest BCUT2D eigenvalue weighted by molar-refractivity contribution is 0.102. The van der Waals surface area contributed by atoms with Crippen LogP contribution >= 0.6 is 31.9 Å². The number of halogens is 2. The average Bonchev–Trinajstić information content (AvgIpc) is 2.38. The van der Waals surface area contributed by atoms with Crippen molar-refractivity contribution in [3.05, 3.63) is 51.2 Å². The first kappa shape index (κ1) is 15.0. The summed E-state index contributed by atoms with van der Waals surface area (Å²) in [6, 6.07) is 11.0. The number of anilines is 2. The third-order valence-electron chi connectivity index (χ3n) is 2.64. The number of rotatable bonds is 3. The Bertz CT molecular complexity index is 644. The lowest BCUT2D eigenvalue weighted by Crippen LogP contribution is -2.17. The number of nitrogens with one attached hydrogen (secondary N) is 1. The maximum Gasteiger partial charge on any atom is 0.274 e. The minimum absolute atomic E-state index is 0.243. The van der Waals surface area contributed by atoms with Gasteiger partial charge in [-0.05, 0) is 46.3 Å². The van der Waals surface area contributed by atoms with Crippen LogP contribution in [0.15, 0.2) is 45.5 Å². The van der Waals surface area contributed by atoms with Gasteiger partial charge in [-0.2, -0.15) is 0 Å². The second-order valence-corrected chi connectivity index (χ2v) is 6.08. The fourth-order valence-corrected chi connectivity index (χ4v) is 2.42. The summed E-state index contributed by atoms with van der Waals surface area (Å²) in [5.41, 5.74) is 2.02. The molecule has 2 rings (SSSR count). The van der Waals surface area contributed by atoms with Gasteiger partial charge in [0.1, 0.15) is 10.3 Å². The molecule has 0 saturated carbocycles. The van der Waals surface area contributed by atoms with Gasteiger partial charge in [-0.1, -0.05) is 22.0 Å². The second-order valence-electron chi connectivity index (χ2n) is 4.36. The molecule has 0 fully saturated rings. The normalized spacial score (nSPS) is 10.2. The van der Waals surface area contributed by atoms with Crippen LogP contribution in [0.1, 0.15) is 10.5 Å². The molecule has 6 heteroatoms. The van der Waals surface area contributed by atoms with Crippen molar-refractivity contribution in [1.29, 1.82) is 0 Å². The van der Waals surface area contributed by atoms with Gasteiger partial charge in [0, 0.05) is 18.6 Å². The fraction of sp³-hybridized carbons (Fsp3) is 0.143. The van der Waals surface area contributed by atoms with Gasteiger partial charge in [0.05, 0.1) is 11.4 Å². The smallest absolute Gasteiger partial charge is 0.274 e. The van der Waals surface area contributed by atoms with Gasteiger partial charge in [0.15, 0.2) is 0 Å². The van der Waals surface area contributed by atoms with Gasteiger partial charge in [-0.3, -0.25) is 4.79 Å². The van der Waals surface area contributed by atoms with Crippen LogP contribution < -0.4 is 10.2 Å². The van der Waals surface area contributed by atoms with Crippen LogP contribution in [0.5, 0.6) is 0 Å². The zero-order valence-corrected chi connectivity index (χ0v) is 14.2. The molecule has 1 amide bonds. The fourth-order valence-electron chi connectivity index (χ4n) is 1.72. The number of pyridine rings is 1. The lowest BCUT2D eigenvalue weighted by Gasteiger charge is -2.18. The topological polar surface area (TPSA) is 45.2 Å². The predicted molar refractivity (Wildman–Crippen MR) is 88.4 cm³/mol. The molecule has 2 aromatic rings. The van der Waals surface area contributed by atoms with E-state index in [1.165, 1.54) is 0 Å². The first-order valence-electron chi connectivity index (χ1n) is 5.88. The molecule has 1 aromatic carbocycles. The van der Waals surface area contributed by atoms with Crippen molar-refractivity contribution in [1.82, 2.24) is 4.98 Å². The number of hydrogen-bond acceptors (Lipinski definition) is 3. The Morgan fingerprint density at radius 1 is 1.20 bits per heavy atom. The molecule has 0 unspecified atom stereocenters. The van der Waals surface area contributed by atoms with Crippen LogP contribution in [0.3, 0.4) is 0 Å². The molecule has 0 atom stereocenters. The van der Waals surface area contributed by atoms with E-state index in [0.29, 0.717) is 10.3 Å². The van der Waals surface area contributed by atoms with E-state index in [2.05, 4.69) is 42.2 Å². The molecule has 0 saturated heterocycles. The van der Waals surface area contributed by atoms with Crippen LogP contribution in [0.4, 0.5) is 11.4 Å². The van der Waals surface area contributed by atoms with E-state index in [9.17, 15) is 4.79 Å². The third kappa shape index (κ3) is 3.58. The molecule has 0 aliphatic heterocycles. The van der Waals surface area contributed by atoms with Gasteiger partial charge in [-0.25, -0.2) is 4.98 Å². The minimum atomic E-state index is -0.243. The Morgan fingerprint density at radius 3 is 2.60 bits per heavy atom. The zero-order chi connectivity index (χ0) is 14.7. The number of amides is 1. The second kappa shape index (κ2) is 6.37. The monoisotopic (exact) mass is 397 g/mol. The van der Waals surface area contributed by atoms with E-state index in [0.717, 1.165) is 15.8 Å². The largest absolute Gasteiger partial charge is 0.376 e. The highest BCUT2D eigenvalue weighted by Crippen LogP contribution is 2.28. The summed E-state index contributed by atoms with van der Waals surface area (Å²) in [4.78, 5) is 18.3. The van der Waals surface area contributed by atoms with E-state index < -0.39 is 0 Å². The van der Waals surface area contributed by atoms with Crippen molar-refractivity contribution < 1.29 is 4.79 Å². The molecule has 4 nitrogen and oxygen atoms in total. The van der Waals surface area contributed by atoms with Gasteiger partial charge in [-0.15, -0.1) is 0 Å². The molecular weight excluding hydrogens is 386 g/mol. The number of hydrogen-bond donors (Lipinski definition) is 1. The van der Waals surface area contributed by atoms with Crippen molar-refractivity contribution in [2.75, 3.05) is 24.3 Å². The molecule has 1 heterocycles. The molecule has 0 aliphatic rings. The van der Waals surface area contributed by atoms with Gasteiger partial charge in [0.2, 0.25) is 0 Å². The number of nitrogens with zero attached hydrogens (tertiary/aromatic N) is 2. The molecular formula is C14H13Br2N3O. The first-order valence-corrected chi connectivity index (χ1v) is 7.47. The summed E-state index contributed by atoms with van der Waals surface area (Å²) in [5, 5.41) is 2.88. The zero-order valence-electron chi connectivity index (χ0n) is 11.0. The molecule has 0 bridgehead atoms. The number of carbonyl (C=O) groups is 1. The highest BCUT2D eigenvalue weighted by atomic mass is 79.9. The Hall–Kier alpha value is -1.40. The Balaban J connectivity index is 2.30. The molecule has 104 valence electrons. The summed E-state index contributed by atoms with van der Waals surface area (Å²) < 4.78 is 1.54. The maximum atomic E-state index is 12.2. The Kier molecular flexibility index (Phi) is 4.77. The third-order valence-corrected chi connectivity index (χ3v) is 3.57. The number of carbonyl (C=O) groups excluding carboxylic acids is 1. The van der Waals surface area contributed by atoms with E-state index >= 15 is 0 Å². The number of aromatic nitrogens is 1. The molecule has 1 N–H and O–H groups in total. The highest BCUT2D eigenvalue weighted by molar-refractivity contribution is 9.10. The van der Waals surface area contributed by atoms with Crippen molar-refractivity contribution in [2.24, 2.45) is 0 Å². The number of benzene rings is 1. The lowest BCUT2D eigenvalue weighted by atomic mass is 10.2. The Morgan fingerprint density at radius 2 is 1.95 bits per heavy atom. The average molecular weight is 399 g/mol. The van der Waals surface area contributed by atoms with Crippen LogP contribution in [0.2, 0.25) is 0 Å². The summed E-state index contributed by atoms with van der Waals surface area (Å²) in [6.07, 6.45) is 0. The van der Waals surface area contributed by atoms with E-state index in [4.69, 9.17) is 0 Å². The first-order chi connectivity index (χ1) is 9.47. The van der Waals surface area contributed by atoms with Crippen LogP contribution in [0.25, 0.3) is 0 Å². The van der Waals surface area contributed by atoms with Crippen molar-refractivity contribution in [3.8, 4) is 0 Å². The summed E-state index contributed by atoms with van der Waals surface area (Å²) in [6.45, 7) is 0. The Labute approximate surface area is 134 Å². The summed E-state index contributed by atoms with van der Waals surface area (Å²) in [5.74, 6) is -0.243. The van der Waals surface area contributed by atoms with Gasteiger partial charge < -0.3 is 10.2 Å². The van der Waals surface area contributed by atoms with E-state index in [1.807, 2.05) is 37.2 Å². The predicted octanol–water partition coefficient (Wildman–Crippen LogP) is 3.92. The summed E-state index contributed by atoms with van der Waals surface area (Å²) >= 11 is 6.67. The SMILES string of the molecule is CN(C)c1ccc(Br)cc1NC(=O)c1cccc(Br)n1. The molecule has 0 aliphatic carbocycles. The standard InChI is InChI=1S/C14H13Br2N3O/c1-19(2)12-7-6-9(15)8-11(12)18-14(20)10-4-3-5-13(16)17-10/h3-8H,1-2H3,(H,18,20). The molecule has 20 heavy (non-hydrogen) atoms. The summed E-state index contributed by atoms with van der Waals surface area (Å²) in [7, 11) is 3.85. The highest BCUT2D eigenvalue weighted by Gasteiger charge is 2.12. The molecule has 1 aromatic heterocycles. The van der Waals surface area contributed by atoms with Crippen molar-refractivity contribution in [2.45, 2.75) is 0 Å². The quantitative estimate of drug-likeness (QED) is 0.796. The van der Waals surface area contributed by atoms with Crippen LogP contribution in [-0.4, -0.2) is 25.0 Å². The van der Waals surface area contributed by atoms with E-state index in [-0.39, 0.29) is 5.91 Å². The van der Waals surface area contributed by atoms with Gasteiger partial charge in [0.25, 0.3) is 5.91 Å². The van der Waals surface area contributed by atoms with Crippen LogP contribution in [-0.2, 0) is 0 Å². The van der Waals surface area contributed by atoms with E-state index in [1.54, 1.807) is 18.2 Å². The minimum Gasteiger partial charge on any atom is -0.376 e. The van der Waals surface area contributed by atoms with Gasteiger partial charge >= 0.3 is 0 Å². The molecule has 0 spiro atoms. The van der Waals surface area contributed by atoms with Crippen molar-refractivity contribution >= 4 is 49.1 Å².